The first-order valence-corrected chi connectivity index (χ1v) is 10.3. The highest BCUT2D eigenvalue weighted by Gasteiger charge is 2.23. The summed E-state index contributed by atoms with van der Waals surface area (Å²) in [5.41, 5.74) is 1.01. The van der Waals surface area contributed by atoms with Crippen LogP contribution >= 0.6 is 0 Å². The first-order valence-electron chi connectivity index (χ1n) is 10.3. The van der Waals surface area contributed by atoms with Gasteiger partial charge < -0.3 is 19.1 Å². The van der Waals surface area contributed by atoms with Crippen LogP contribution in [-0.4, -0.2) is 64.5 Å². The number of nitro groups is 1. The third-order valence-corrected chi connectivity index (χ3v) is 5.02. The Balaban J connectivity index is 2.20. The van der Waals surface area contributed by atoms with Gasteiger partial charge in [-0.25, -0.2) is 0 Å². The van der Waals surface area contributed by atoms with Gasteiger partial charge >= 0.3 is 0 Å². The fourth-order valence-electron chi connectivity index (χ4n) is 3.15. The highest BCUT2D eigenvalue weighted by molar-refractivity contribution is 5.97. The maximum Gasteiger partial charge on any atom is 0.270 e. The van der Waals surface area contributed by atoms with Gasteiger partial charge in [0.05, 0.1) is 18.1 Å². The number of nitro benzene ring substituents is 1. The van der Waals surface area contributed by atoms with E-state index in [1.54, 1.807) is 12.0 Å². The molecule has 0 aliphatic heterocycles. The van der Waals surface area contributed by atoms with Crippen molar-refractivity contribution in [2.45, 2.75) is 26.3 Å². The van der Waals surface area contributed by atoms with Crippen LogP contribution in [0.4, 0.5) is 5.69 Å². The number of carbonyl (C=O) groups excluding carboxylic acids is 2. The van der Waals surface area contributed by atoms with Crippen molar-refractivity contribution in [1.82, 2.24) is 14.4 Å². The summed E-state index contributed by atoms with van der Waals surface area (Å²) < 4.78 is 7.09. The number of aromatic nitrogens is 1. The molecule has 1 aromatic carbocycles. The lowest BCUT2D eigenvalue weighted by molar-refractivity contribution is -0.384. The second-order valence-electron chi connectivity index (χ2n) is 7.31. The molecule has 1 aromatic heterocycles. The predicted molar refractivity (Wildman–Crippen MR) is 117 cm³/mol. The van der Waals surface area contributed by atoms with E-state index < -0.39 is 10.8 Å². The molecular formula is C22H30N4O5. The summed E-state index contributed by atoms with van der Waals surface area (Å²) in [6, 6.07) is 9.45. The van der Waals surface area contributed by atoms with Crippen LogP contribution in [0.2, 0.25) is 0 Å². The van der Waals surface area contributed by atoms with Gasteiger partial charge in [-0.3, -0.25) is 19.7 Å². The van der Waals surface area contributed by atoms with Gasteiger partial charge in [0.15, 0.2) is 0 Å². The Kier molecular flexibility index (Phi) is 9.20. The van der Waals surface area contributed by atoms with Crippen LogP contribution < -0.4 is 0 Å². The zero-order valence-corrected chi connectivity index (χ0v) is 18.3. The van der Waals surface area contributed by atoms with Crippen molar-refractivity contribution in [2.24, 2.45) is 7.05 Å². The summed E-state index contributed by atoms with van der Waals surface area (Å²) >= 11 is 0. The van der Waals surface area contributed by atoms with Gasteiger partial charge in [0.2, 0.25) is 5.91 Å². The molecule has 9 heteroatoms. The van der Waals surface area contributed by atoms with Gasteiger partial charge in [-0.05, 0) is 24.6 Å². The van der Waals surface area contributed by atoms with Crippen LogP contribution in [0, 0.1) is 10.1 Å². The lowest BCUT2D eigenvalue weighted by atomic mass is 10.1. The first kappa shape index (κ1) is 24.1. The Morgan fingerprint density at radius 1 is 1.16 bits per heavy atom. The summed E-state index contributed by atoms with van der Waals surface area (Å²) in [6.07, 6.45) is 3.49. The number of rotatable bonds is 12. The summed E-state index contributed by atoms with van der Waals surface area (Å²) in [5.74, 6) is -0.593. The number of hydrogen-bond acceptors (Lipinski definition) is 5. The number of ether oxygens (including phenoxy) is 1. The largest absolute Gasteiger partial charge is 0.383 e. The minimum Gasteiger partial charge on any atom is -0.383 e. The van der Waals surface area contributed by atoms with Crippen molar-refractivity contribution in [2.75, 3.05) is 33.4 Å². The Labute approximate surface area is 182 Å². The number of hydrogen-bond donors (Lipinski definition) is 0. The van der Waals surface area contributed by atoms with Crippen LogP contribution in [0.15, 0.2) is 42.6 Å². The molecule has 2 amide bonds. The third kappa shape index (κ3) is 6.92. The van der Waals surface area contributed by atoms with Crippen molar-refractivity contribution in [3.05, 3.63) is 64.0 Å². The number of methoxy groups -OCH3 is 1. The van der Waals surface area contributed by atoms with Crippen molar-refractivity contribution in [3.8, 4) is 0 Å². The van der Waals surface area contributed by atoms with E-state index in [2.05, 4.69) is 0 Å². The van der Waals surface area contributed by atoms with E-state index in [9.17, 15) is 19.7 Å². The number of non-ortho nitro benzene ring substituents is 1. The standard InChI is InChI=1S/C22H30N4O5/c1-4-5-12-25(22(28)18-8-6-9-19(15-18)26(29)30)17-21(27)24(13-14-31-3)16-20-10-7-11-23(20)2/h6-11,15H,4-5,12-14,16-17H2,1-3H3. The molecule has 0 saturated heterocycles. The average molecular weight is 431 g/mol. The van der Waals surface area contributed by atoms with E-state index in [4.69, 9.17) is 4.74 Å². The monoisotopic (exact) mass is 430 g/mol. The third-order valence-electron chi connectivity index (χ3n) is 5.02. The maximum atomic E-state index is 13.1. The fourth-order valence-corrected chi connectivity index (χ4v) is 3.15. The van der Waals surface area contributed by atoms with Gasteiger partial charge in [0.25, 0.3) is 11.6 Å². The molecule has 1 heterocycles. The van der Waals surface area contributed by atoms with Gasteiger partial charge in [0, 0.05) is 56.8 Å². The highest BCUT2D eigenvalue weighted by atomic mass is 16.6. The van der Waals surface area contributed by atoms with Crippen molar-refractivity contribution in [1.29, 1.82) is 0 Å². The van der Waals surface area contributed by atoms with Gasteiger partial charge in [-0.1, -0.05) is 19.4 Å². The quantitative estimate of drug-likeness (QED) is 0.381. The van der Waals surface area contributed by atoms with Crippen LogP contribution in [-0.2, 0) is 23.1 Å². The molecule has 0 saturated carbocycles. The molecule has 0 aliphatic carbocycles. The van der Waals surface area contributed by atoms with E-state index in [1.165, 1.54) is 29.2 Å². The number of amides is 2. The molecule has 31 heavy (non-hydrogen) atoms. The highest BCUT2D eigenvalue weighted by Crippen LogP contribution is 2.16. The minimum absolute atomic E-state index is 0.102. The molecular weight excluding hydrogens is 400 g/mol. The van der Waals surface area contributed by atoms with Crippen LogP contribution in [0.5, 0.6) is 0 Å². The van der Waals surface area contributed by atoms with Gasteiger partial charge in [0.1, 0.15) is 6.54 Å². The zero-order chi connectivity index (χ0) is 22.8. The van der Waals surface area contributed by atoms with Crippen molar-refractivity contribution in [3.63, 3.8) is 0 Å². The number of carbonyl (C=O) groups is 2. The summed E-state index contributed by atoms with van der Waals surface area (Å²) in [6.45, 7) is 3.47. The zero-order valence-electron chi connectivity index (χ0n) is 18.3. The molecule has 0 bridgehead atoms. The average Bonchev–Trinajstić information content (AvgIpc) is 3.17. The molecule has 9 nitrogen and oxygen atoms in total. The number of benzene rings is 1. The van der Waals surface area contributed by atoms with Crippen molar-refractivity contribution >= 4 is 17.5 Å². The molecule has 0 aliphatic rings. The molecule has 0 atom stereocenters. The first-order chi connectivity index (χ1) is 14.9. The van der Waals surface area contributed by atoms with E-state index in [0.29, 0.717) is 26.2 Å². The Hall–Kier alpha value is -3.20. The van der Waals surface area contributed by atoms with Crippen LogP contribution in [0.25, 0.3) is 0 Å². The lowest BCUT2D eigenvalue weighted by Crippen LogP contribution is -2.44. The molecule has 0 N–H and O–H groups in total. The minimum atomic E-state index is -0.537. The number of unbranched alkanes of at least 4 members (excludes halogenated alkanes) is 1. The number of nitrogens with zero attached hydrogens (tertiary/aromatic N) is 4. The second kappa shape index (κ2) is 11.8. The van der Waals surface area contributed by atoms with Crippen LogP contribution in [0.1, 0.15) is 35.8 Å². The van der Waals surface area contributed by atoms with Crippen molar-refractivity contribution < 1.29 is 19.2 Å². The predicted octanol–water partition coefficient (Wildman–Crippen LogP) is 2.85. The van der Waals surface area contributed by atoms with Crippen LogP contribution in [0.3, 0.4) is 0 Å². The summed E-state index contributed by atoms with van der Waals surface area (Å²) in [7, 11) is 3.48. The van der Waals surface area contributed by atoms with E-state index in [-0.39, 0.29) is 23.7 Å². The number of aryl methyl sites for hydroxylation is 1. The Bertz CT molecular complexity index is 896. The smallest absolute Gasteiger partial charge is 0.270 e. The molecule has 2 aromatic rings. The van der Waals surface area contributed by atoms with Gasteiger partial charge in [-0.15, -0.1) is 0 Å². The van der Waals surface area contributed by atoms with Gasteiger partial charge in [-0.2, -0.15) is 0 Å². The lowest BCUT2D eigenvalue weighted by Gasteiger charge is -2.28. The second-order valence-corrected chi connectivity index (χ2v) is 7.31. The SMILES string of the molecule is CCCCN(CC(=O)N(CCOC)Cc1cccn1C)C(=O)c1cccc([N+](=O)[O-])c1. The normalized spacial score (nSPS) is 10.7. The molecule has 0 spiro atoms. The van der Waals surface area contributed by atoms with E-state index in [0.717, 1.165) is 18.5 Å². The molecule has 168 valence electrons. The molecule has 0 unspecified atom stereocenters. The summed E-state index contributed by atoms with van der Waals surface area (Å²) in [5, 5.41) is 11.1. The van der Waals surface area contributed by atoms with E-state index in [1.807, 2.05) is 36.9 Å². The summed E-state index contributed by atoms with van der Waals surface area (Å²) in [4.78, 5) is 39.9. The van der Waals surface area contributed by atoms with E-state index >= 15 is 0 Å². The Morgan fingerprint density at radius 2 is 1.94 bits per heavy atom. The molecule has 0 radical (unpaired) electrons. The molecule has 2 rings (SSSR count). The fraction of sp³-hybridized carbons (Fsp3) is 0.455. The Morgan fingerprint density at radius 3 is 2.55 bits per heavy atom. The molecule has 0 fully saturated rings. The maximum absolute atomic E-state index is 13.1. The topological polar surface area (TPSA) is 97.9 Å².